The van der Waals surface area contributed by atoms with E-state index in [-0.39, 0.29) is 0 Å². The van der Waals surface area contributed by atoms with E-state index in [9.17, 15) is 0 Å². The SMILES string of the molecule is COc1ccc2c(-c3ccccc3)c(OC)cc(-c3ccccc3)c2c1. The molecule has 0 amide bonds. The zero-order valence-corrected chi connectivity index (χ0v) is 14.9. The van der Waals surface area contributed by atoms with Crippen LogP contribution in [0.3, 0.4) is 0 Å². The standard InChI is InChI=1S/C24H20O2/c1-25-19-13-14-20-22(15-19)21(17-9-5-3-6-10-17)16-23(26-2)24(20)18-11-7-4-8-12-18/h3-16H,1-2H3. The van der Waals surface area contributed by atoms with Crippen molar-refractivity contribution in [3.8, 4) is 33.8 Å². The van der Waals surface area contributed by atoms with Gasteiger partial charge in [-0.15, -0.1) is 0 Å². The minimum atomic E-state index is 0.846. The van der Waals surface area contributed by atoms with Gasteiger partial charge in [0, 0.05) is 5.56 Å². The fourth-order valence-electron chi connectivity index (χ4n) is 3.43. The van der Waals surface area contributed by atoms with Gasteiger partial charge in [0.05, 0.1) is 14.2 Å². The maximum atomic E-state index is 5.80. The largest absolute Gasteiger partial charge is 0.497 e. The molecule has 0 fully saturated rings. The van der Waals surface area contributed by atoms with Gasteiger partial charge in [-0.1, -0.05) is 60.7 Å². The van der Waals surface area contributed by atoms with E-state index >= 15 is 0 Å². The van der Waals surface area contributed by atoms with Gasteiger partial charge < -0.3 is 9.47 Å². The van der Waals surface area contributed by atoms with Crippen LogP contribution in [0.5, 0.6) is 11.5 Å². The Kier molecular flexibility index (Phi) is 4.32. The first-order valence-electron chi connectivity index (χ1n) is 8.61. The minimum absolute atomic E-state index is 0.846. The maximum absolute atomic E-state index is 5.80. The Labute approximate surface area is 153 Å². The molecule has 0 aromatic heterocycles. The normalized spacial score (nSPS) is 10.7. The third-order valence-electron chi connectivity index (χ3n) is 4.68. The van der Waals surface area contributed by atoms with E-state index in [1.165, 1.54) is 0 Å². The molecule has 0 radical (unpaired) electrons. The molecule has 128 valence electrons. The first-order valence-corrected chi connectivity index (χ1v) is 8.61. The third-order valence-corrected chi connectivity index (χ3v) is 4.68. The van der Waals surface area contributed by atoms with Gasteiger partial charge >= 0.3 is 0 Å². The van der Waals surface area contributed by atoms with Crippen LogP contribution < -0.4 is 9.47 Å². The number of hydrogen-bond donors (Lipinski definition) is 0. The summed E-state index contributed by atoms with van der Waals surface area (Å²) in [7, 11) is 3.43. The van der Waals surface area contributed by atoms with Crippen molar-refractivity contribution in [2.24, 2.45) is 0 Å². The second-order valence-corrected chi connectivity index (χ2v) is 6.14. The van der Waals surface area contributed by atoms with Gasteiger partial charge in [-0.3, -0.25) is 0 Å². The summed E-state index contributed by atoms with van der Waals surface area (Å²) in [5, 5.41) is 2.30. The molecule has 0 aliphatic rings. The van der Waals surface area contributed by atoms with Crippen LogP contribution in [0, 0.1) is 0 Å². The van der Waals surface area contributed by atoms with E-state index in [1.807, 2.05) is 18.2 Å². The molecule has 2 nitrogen and oxygen atoms in total. The summed E-state index contributed by atoms with van der Waals surface area (Å²) in [6.07, 6.45) is 0. The van der Waals surface area contributed by atoms with Crippen molar-refractivity contribution >= 4 is 10.8 Å². The topological polar surface area (TPSA) is 18.5 Å². The number of rotatable bonds is 4. The van der Waals surface area contributed by atoms with E-state index in [0.29, 0.717) is 0 Å². The van der Waals surface area contributed by atoms with Crippen LogP contribution in [0.25, 0.3) is 33.0 Å². The van der Waals surface area contributed by atoms with Crippen LogP contribution in [0.2, 0.25) is 0 Å². The van der Waals surface area contributed by atoms with Crippen molar-refractivity contribution in [2.45, 2.75) is 0 Å². The lowest BCUT2D eigenvalue weighted by Gasteiger charge is -2.17. The molecule has 26 heavy (non-hydrogen) atoms. The molecular weight excluding hydrogens is 320 g/mol. The summed E-state index contributed by atoms with van der Waals surface area (Å²) in [5.74, 6) is 1.71. The highest BCUT2D eigenvalue weighted by atomic mass is 16.5. The first kappa shape index (κ1) is 16.2. The monoisotopic (exact) mass is 340 g/mol. The van der Waals surface area contributed by atoms with Gasteiger partial charge in [-0.25, -0.2) is 0 Å². The van der Waals surface area contributed by atoms with Gasteiger partial charge in [0.2, 0.25) is 0 Å². The van der Waals surface area contributed by atoms with Crippen LogP contribution in [-0.2, 0) is 0 Å². The highest BCUT2D eigenvalue weighted by molar-refractivity contribution is 6.08. The predicted octanol–water partition coefficient (Wildman–Crippen LogP) is 6.19. The number of fused-ring (bicyclic) bond motifs is 1. The molecule has 4 aromatic carbocycles. The Morgan fingerprint density at radius 2 is 1.23 bits per heavy atom. The van der Waals surface area contributed by atoms with E-state index in [0.717, 1.165) is 44.5 Å². The Hall–Kier alpha value is -3.26. The summed E-state index contributed by atoms with van der Waals surface area (Å²) in [5.41, 5.74) is 4.53. The van der Waals surface area contributed by atoms with Crippen molar-refractivity contribution < 1.29 is 9.47 Å². The zero-order chi connectivity index (χ0) is 17.9. The molecule has 0 aliphatic heterocycles. The van der Waals surface area contributed by atoms with Crippen LogP contribution in [0.1, 0.15) is 0 Å². The lowest BCUT2D eigenvalue weighted by molar-refractivity contribution is 0.415. The lowest BCUT2D eigenvalue weighted by atomic mass is 9.91. The molecular formula is C24H20O2. The molecule has 2 heteroatoms. The molecule has 0 saturated carbocycles. The minimum Gasteiger partial charge on any atom is -0.497 e. The molecule has 0 unspecified atom stereocenters. The highest BCUT2D eigenvalue weighted by Gasteiger charge is 2.16. The van der Waals surface area contributed by atoms with Crippen LogP contribution in [0.4, 0.5) is 0 Å². The molecule has 0 saturated heterocycles. The van der Waals surface area contributed by atoms with Gasteiger partial charge in [0.1, 0.15) is 11.5 Å². The van der Waals surface area contributed by atoms with Crippen molar-refractivity contribution in [1.29, 1.82) is 0 Å². The van der Waals surface area contributed by atoms with Gasteiger partial charge in [0.25, 0.3) is 0 Å². The summed E-state index contributed by atoms with van der Waals surface area (Å²) < 4.78 is 11.3. The van der Waals surface area contributed by atoms with E-state index in [2.05, 4.69) is 66.7 Å². The second kappa shape index (κ2) is 6.93. The van der Waals surface area contributed by atoms with Gasteiger partial charge in [0.15, 0.2) is 0 Å². The summed E-state index contributed by atoms with van der Waals surface area (Å²) in [4.78, 5) is 0. The summed E-state index contributed by atoms with van der Waals surface area (Å²) >= 11 is 0. The summed E-state index contributed by atoms with van der Waals surface area (Å²) in [6, 6.07) is 29.1. The number of ether oxygens (including phenoxy) is 2. The molecule has 0 atom stereocenters. The zero-order valence-electron chi connectivity index (χ0n) is 14.9. The Bertz CT molecular complexity index is 1040. The Morgan fingerprint density at radius 3 is 1.85 bits per heavy atom. The fraction of sp³-hybridized carbons (Fsp3) is 0.0833. The molecule has 0 aliphatic carbocycles. The molecule has 4 aromatic rings. The average Bonchev–Trinajstić information content (AvgIpc) is 2.73. The van der Waals surface area contributed by atoms with Crippen molar-refractivity contribution in [2.75, 3.05) is 14.2 Å². The summed E-state index contributed by atoms with van der Waals surface area (Å²) in [6.45, 7) is 0. The van der Waals surface area contributed by atoms with Gasteiger partial charge in [-0.2, -0.15) is 0 Å². The van der Waals surface area contributed by atoms with E-state index in [4.69, 9.17) is 9.47 Å². The van der Waals surface area contributed by atoms with Gasteiger partial charge in [-0.05, 0) is 51.7 Å². The van der Waals surface area contributed by atoms with Crippen molar-refractivity contribution in [3.05, 3.63) is 84.9 Å². The van der Waals surface area contributed by atoms with Crippen LogP contribution in [-0.4, -0.2) is 14.2 Å². The smallest absolute Gasteiger partial charge is 0.127 e. The van der Waals surface area contributed by atoms with Crippen LogP contribution in [0.15, 0.2) is 84.9 Å². The highest BCUT2D eigenvalue weighted by Crippen LogP contribution is 2.43. The fourth-order valence-corrected chi connectivity index (χ4v) is 3.43. The Morgan fingerprint density at radius 1 is 0.577 bits per heavy atom. The maximum Gasteiger partial charge on any atom is 0.127 e. The molecule has 4 rings (SSSR count). The molecule has 0 bridgehead atoms. The third kappa shape index (κ3) is 2.80. The van der Waals surface area contributed by atoms with E-state index < -0.39 is 0 Å². The van der Waals surface area contributed by atoms with E-state index in [1.54, 1.807) is 14.2 Å². The van der Waals surface area contributed by atoms with Crippen molar-refractivity contribution in [1.82, 2.24) is 0 Å². The quantitative estimate of drug-likeness (QED) is 0.441. The van der Waals surface area contributed by atoms with Crippen LogP contribution >= 0.6 is 0 Å². The number of benzene rings is 4. The molecule has 0 spiro atoms. The number of hydrogen-bond acceptors (Lipinski definition) is 2. The molecule has 0 heterocycles. The van der Waals surface area contributed by atoms with Crippen molar-refractivity contribution in [3.63, 3.8) is 0 Å². The second-order valence-electron chi connectivity index (χ2n) is 6.14. The molecule has 0 N–H and O–H groups in total. The predicted molar refractivity (Wildman–Crippen MR) is 108 cm³/mol. The Balaban J connectivity index is 2.11. The average molecular weight is 340 g/mol. The number of methoxy groups -OCH3 is 2. The first-order chi connectivity index (χ1) is 12.8. The lowest BCUT2D eigenvalue weighted by Crippen LogP contribution is -1.93.